The molecule has 1 unspecified atom stereocenters. The van der Waals surface area contributed by atoms with Crippen molar-refractivity contribution in [3.8, 4) is 5.75 Å². The van der Waals surface area contributed by atoms with Crippen LogP contribution in [0, 0.1) is 6.92 Å². The monoisotopic (exact) mass is 289 g/mol. The third kappa shape index (κ3) is 3.40. The number of hydrogen-bond acceptors (Lipinski definition) is 5. The molecule has 0 saturated carbocycles. The van der Waals surface area contributed by atoms with Crippen molar-refractivity contribution in [3.05, 3.63) is 41.5 Å². The second-order valence-electron chi connectivity index (χ2n) is 5.31. The number of pyridine rings is 1. The normalized spacial score (nSPS) is 12.7. The molecule has 2 N–H and O–H groups in total. The summed E-state index contributed by atoms with van der Waals surface area (Å²) in [6.07, 6.45) is 3.47. The van der Waals surface area contributed by atoms with Gasteiger partial charge in [0.25, 0.3) is 0 Å². The smallest absolute Gasteiger partial charge is 0.161 e. The highest BCUT2D eigenvalue weighted by Crippen LogP contribution is 2.28. The van der Waals surface area contributed by atoms with E-state index in [0.29, 0.717) is 5.75 Å². The Morgan fingerprint density at radius 3 is 2.81 bits per heavy atom. The fourth-order valence-corrected chi connectivity index (χ4v) is 2.27. The SMILES string of the molecule is COc1cnn(CCN(C)C)c1C(N)c1ncccc1C. The second kappa shape index (κ2) is 6.69. The van der Waals surface area contributed by atoms with Gasteiger partial charge in [0.2, 0.25) is 0 Å². The number of nitrogens with two attached hydrogens (primary N) is 1. The summed E-state index contributed by atoms with van der Waals surface area (Å²) in [6.45, 7) is 3.65. The maximum Gasteiger partial charge on any atom is 0.161 e. The van der Waals surface area contributed by atoms with Crippen LogP contribution < -0.4 is 10.5 Å². The lowest BCUT2D eigenvalue weighted by molar-refractivity contribution is 0.363. The molecule has 2 rings (SSSR count). The summed E-state index contributed by atoms with van der Waals surface area (Å²) in [7, 11) is 5.70. The molecule has 0 aliphatic carbocycles. The van der Waals surface area contributed by atoms with Crippen LogP contribution in [0.1, 0.15) is 23.0 Å². The van der Waals surface area contributed by atoms with Crippen LogP contribution in [-0.4, -0.2) is 47.4 Å². The molecular weight excluding hydrogens is 266 g/mol. The summed E-state index contributed by atoms with van der Waals surface area (Å²) in [5.41, 5.74) is 9.20. The van der Waals surface area contributed by atoms with E-state index < -0.39 is 0 Å². The number of hydrogen-bond donors (Lipinski definition) is 1. The van der Waals surface area contributed by atoms with E-state index in [0.717, 1.165) is 30.0 Å². The molecule has 6 heteroatoms. The van der Waals surface area contributed by atoms with Gasteiger partial charge in [0.1, 0.15) is 5.69 Å². The molecule has 2 heterocycles. The van der Waals surface area contributed by atoms with Crippen molar-refractivity contribution in [1.29, 1.82) is 0 Å². The third-order valence-electron chi connectivity index (χ3n) is 3.46. The van der Waals surface area contributed by atoms with Gasteiger partial charge in [0.15, 0.2) is 5.75 Å². The van der Waals surface area contributed by atoms with Gasteiger partial charge >= 0.3 is 0 Å². The predicted molar refractivity (Wildman–Crippen MR) is 82.3 cm³/mol. The Balaban J connectivity index is 2.36. The Morgan fingerprint density at radius 2 is 2.19 bits per heavy atom. The first-order valence-electron chi connectivity index (χ1n) is 6.96. The summed E-state index contributed by atoms with van der Waals surface area (Å²) in [5.74, 6) is 0.700. The summed E-state index contributed by atoms with van der Waals surface area (Å²) >= 11 is 0. The van der Waals surface area contributed by atoms with Gasteiger partial charge in [-0.3, -0.25) is 9.67 Å². The van der Waals surface area contributed by atoms with Crippen molar-refractivity contribution in [2.24, 2.45) is 5.73 Å². The minimum Gasteiger partial charge on any atom is -0.493 e. The fraction of sp³-hybridized carbons (Fsp3) is 0.467. The van der Waals surface area contributed by atoms with Crippen molar-refractivity contribution in [1.82, 2.24) is 19.7 Å². The van der Waals surface area contributed by atoms with Gasteiger partial charge in [-0.1, -0.05) is 6.07 Å². The maximum absolute atomic E-state index is 6.43. The Labute approximate surface area is 125 Å². The molecule has 0 radical (unpaired) electrons. The topological polar surface area (TPSA) is 69.2 Å². The Hall–Kier alpha value is -1.92. The lowest BCUT2D eigenvalue weighted by Gasteiger charge is -2.18. The van der Waals surface area contributed by atoms with Gasteiger partial charge in [-0.05, 0) is 32.6 Å². The molecule has 6 nitrogen and oxygen atoms in total. The third-order valence-corrected chi connectivity index (χ3v) is 3.46. The van der Waals surface area contributed by atoms with Gasteiger partial charge in [-0.2, -0.15) is 5.10 Å². The largest absolute Gasteiger partial charge is 0.493 e. The molecule has 114 valence electrons. The van der Waals surface area contributed by atoms with Crippen molar-refractivity contribution < 1.29 is 4.74 Å². The van der Waals surface area contributed by atoms with E-state index in [1.807, 2.05) is 37.8 Å². The highest BCUT2D eigenvalue weighted by Gasteiger charge is 2.22. The molecule has 0 spiro atoms. The molecule has 21 heavy (non-hydrogen) atoms. The molecular formula is C15H23N5O. The predicted octanol–water partition coefficient (Wildman–Crippen LogP) is 1.20. The van der Waals surface area contributed by atoms with Gasteiger partial charge in [-0.15, -0.1) is 0 Å². The Bertz CT molecular complexity index is 593. The standard InChI is InChI=1S/C15H23N5O/c1-11-6-5-7-17-14(11)13(16)15-12(21-4)10-18-20(15)9-8-19(2)3/h5-7,10,13H,8-9,16H2,1-4H3. The van der Waals surface area contributed by atoms with E-state index >= 15 is 0 Å². The van der Waals surface area contributed by atoms with E-state index in [9.17, 15) is 0 Å². The number of rotatable bonds is 6. The van der Waals surface area contributed by atoms with Crippen molar-refractivity contribution in [2.45, 2.75) is 19.5 Å². The summed E-state index contributed by atoms with van der Waals surface area (Å²) < 4.78 is 7.31. The number of ether oxygens (including phenoxy) is 1. The van der Waals surface area contributed by atoms with Crippen LogP contribution in [0.3, 0.4) is 0 Å². The van der Waals surface area contributed by atoms with E-state index in [1.165, 1.54) is 0 Å². The molecule has 0 aromatic carbocycles. The zero-order valence-corrected chi connectivity index (χ0v) is 13.1. The van der Waals surface area contributed by atoms with Crippen molar-refractivity contribution >= 4 is 0 Å². The van der Waals surface area contributed by atoms with Crippen LogP contribution in [0.2, 0.25) is 0 Å². The molecule has 2 aromatic heterocycles. The number of methoxy groups -OCH3 is 1. The van der Waals surface area contributed by atoms with Gasteiger partial charge < -0.3 is 15.4 Å². The second-order valence-corrected chi connectivity index (χ2v) is 5.31. The number of aryl methyl sites for hydroxylation is 1. The number of aromatic nitrogens is 3. The van der Waals surface area contributed by atoms with E-state index in [1.54, 1.807) is 19.5 Å². The number of likely N-dealkylation sites (N-methyl/N-ethyl adjacent to an activating group) is 1. The van der Waals surface area contributed by atoms with Crippen LogP contribution in [0.15, 0.2) is 24.5 Å². The number of nitrogens with zero attached hydrogens (tertiary/aromatic N) is 4. The molecule has 0 amide bonds. The summed E-state index contributed by atoms with van der Waals surface area (Å²) in [6, 6.07) is 3.56. The fourth-order valence-electron chi connectivity index (χ4n) is 2.27. The minimum atomic E-state index is -0.356. The molecule has 0 saturated heterocycles. The van der Waals surface area contributed by atoms with E-state index in [2.05, 4.69) is 15.0 Å². The van der Waals surface area contributed by atoms with Crippen LogP contribution in [-0.2, 0) is 6.54 Å². The Morgan fingerprint density at radius 1 is 1.43 bits per heavy atom. The molecule has 0 fully saturated rings. The molecule has 0 aliphatic rings. The van der Waals surface area contributed by atoms with Crippen LogP contribution in [0.5, 0.6) is 5.75 Å². The lowest BCUT2D eigenvalue weighted by atomic mass is 10.1. The van der Waals surface area contributed by atoms with Gasteiger partial charge in [0, 0.05) is 12.7 Å². The van der Waals surface area contributed by atoms with Gasteiger partial charge in [-0.25, -0.2) is 0 Å². The van der Waals surface area contributed by atoms with Crippen molar-refractivity contribution in [2.75, 3.05) is 27.7 Å². The molecule has 0 bridgehead atoms. The quantitative estimate of drug-likeness (QED) is 0.865. The van der Waals surface area contributed by atoms with E-state index in [4.69, 9.17) is 10.5 Å². The zero-order valence-electron chi connectivity index (χ0n) is 13.1. The summed E-state index contributed by atoms with van der Waals surface area (Å²) in [4.78, 5) is 6.52. The average Bonchev–Trinajstić information content (AvgIpc) is 2.87. The first-order chi connectivity index (χ1) is 10.0. The van der Waals surface area contributed by atoms with Crippen LogP contribution in [0.4, 0.5) is 0 Å². The lowest BCUT2D eigenvalue weighted by Crippen LogP contribution is -2.24. The first-order valence-corrected chi connectivity index (χ1v) is 6.96. The average molecular weight is 289 g/mol. The molecule has 2 aromatic rings. The van der Waals surface area contributed by atoms with E-state index in [-0.39, 0.29) is 6.04 Å². The molecule has 0 aliphatic heterocycles. The minimum absolute atomic E-state index is 0.356. The Kier molecular flexibility index (Phi) is 4.93. The molecule has 1 atom stereocenters. The maximum atomic E-state index is 6.43. The van der Waals surface area contributed by atoms with Crippen LogP contribution in [0.25, 0.3) is 0 Å². The van der Waals surface area contributed by atoms with Crippen molar-refractivity contribution in [3.63, 3.8) is 0 Å². The highest BCUT2D eigenvalue weighted by molar-refractivity contribution is 5.36. The zero-order chi connectivity index (χ0) is 15.4. The summed E-state index contributed by atoms with van der Waals surface area (Å²) in [5, 5.41) is 4.39. The van der Waals surface area contributed by atoms with Gasteiger partial charge in [0.05, 0.1) is 31.6 Å². The highest BCUT2D eigenvalue weighted by atomic mass is 16.5. The first kappa shape index (κ1) is 15.5. The van der Waals surface area contributed by atoms with Crippen LogP contribution >= 0.6 is 0 Å².